The van der Waals surface area contributed by atoms with Gasteiger partial charge in [-0.05, 0) is 23.9 Å². The van der Waals surface area contributed by atoms with E-state index in [2.05, 4.69) is 19.5 Å². The Kier molecular flexibility index (Phi) is 6.46. The topological polar surface area (TPSA) is 204 Å². The maximum atomic E-state index is 12.4. The third kappa shape index (κ3) is 4.12. The average molecular weight is 490 g/mol. The molecule has 6 N–H and O–H groups in total. The molecule has 0 radical (unpaired) electrons. The summed E-state index contributed by atoms with van der Waals surface area (Å²) in [6.45, 7) is -0.324. The second kappa shape index (κ2) is 8.72. The second-order valence-corrected chi connectivity index (χ2v) is 9.27. The number of imidazole rings is 1. The number of nitrogens with zero attached hydrogens (tertiary/aromatic N) is 3. The Morgan fingerprint density at radius 1 is 1.31 bits per heavy atom. The van der Waals surface area contributed by atoms with Gasteiger partial charge in [-0.1, -0.05) is 12.1 Å². The molecule has 5 atom stereocenters. The molecular formula is C16H16N6NaO7PS. The number of phosphoric acid groups is 1. The molecular weight excluding hydrogens is 474 g/mol. The normalized spacial score (nSPS) is 29.6. The first-order valence-corrected chi connectivity index (χ1v) is 11.3. The molecule has 3 aromatic rings. The van der Waals surface area contributed by atoms with Crippen molar-refractivity contribution in [3.05, 3.63) is 34.6 Å². The van der Waals surface area contributed by atoms with Gasteiger partial charge < -0.3 is 35.3 Å². The van der Waals surface area contributed by atoms with Crippen molar-refractivity contribution < 1.29 is 57.9 Å². The summed E-state index contributed by atoms with van der Waals surface area (Å²) in [7, 11) is -4.56. The summed E-state index contributed by atoms with van der Waals surface area (Å²) in [6.07, 6.45) is -4.67. The van der Waals surface area contributed by atoms with Crippen LogP contribution in [-0.4, -0.2) is 49.5 Å². The van der Waals surface area contributed by atoms with Crippen LogP contribution in [0.4, 0.5) is 11.6 Å². The van der Waals surface area contributed by atoms with Crippen LogP contribution < -0.4 is 51.5 Å². The summed E-state index contributed by atoms with van der Waals surface area (Å²) >= 11 is 1.12. The predicted molar refractivity (Wildman–Crippen MR) is 106 cm³/mol. The van der Waals surface area contributed by atoms with Gasteiger partial charge in [0.15, 0.2) is 22.5 Å². The molecule has 5 rings (SSSR count). The summed E-state index contributed by atoms with van der Waals surface area (Å²) in [5.74, 6) is -0.164. The van der Waals surface area contributed by atoms with E-state index < -0.39 is 37.9 Å². The Hall–Kier alpha value is -1.45. The maximum Gasteiger partial charge on any atom is 1.00 e. The average Bonchev–Trinajstić information content (AvgIpc) is 3.20. The predicted octanol–water partition coefficient (Wildman–Crippen LogP) is -3.42. The van der Waals surface area contributed by atoms with Crippen LogP contribution in [0, 0.1) is 0 Å². The fourth-order valence-corrected chi connectivity index (χ4v) is 5.40. The van der Waals surface area contributed by atoms with Gasteiger partial charge in [0.05, 0.1) is 6.61 Å². The van der Waals surface area contributed by atoms with Gasteiger partial charge in [-0.2, -0.15) is 4.98 Å². The first-order chi connectivity index (χ1) is 14.7. The molecule has 1 aromatic carbocycles. The minimum absolute atomic E-state index is 0. The number of ether oxygens (including phenoxy) is 1. The molecule has 4 heterocycles. The number of benzene rings is 1. The largest absolute Gasteiger partial charge is 1.00 e. The Morgan fingerprint density at radius 3 is 2.81 bits per heavy atom. The molecule has 0 saturated carbocycles. The summed E-state index contributed by atoms with van der Waals surface area (Å²) in [6, 6.07) is 7.00. The Morgan fingerprint density at radius 2 is 2.06 bits per heavy atom. The number of aliphatic hydroxyl groups is 1. The van der Waals surface area contributed by atoms with Crippen molar-refractivity contribution in [2.45, 2.75) is 34.6 Å². The van der Waals surface area contributed by atoms with Crippen molar-refractivity contribution in [1.82, 2.24) is 19.5 Å². The molecule has 13 nitrogen and oxygen atoms in total. The summed E-state index contributed by atoms with van der Waals surface area (Å²) < 4.78 is 28.5. The first kappa shape index (κ1) is 23.7. The van der Waals surface area contributed by atoms with Crippen LogP contribution in [0.15, 0.2) is 39.1 Å². The van der Waals surface area contributed by atoms with Crippen molar-refractivity contribution in [2.75, 3.05) is 18.1 Å². The number of nitrogens with one attached hydrogen (secondary N) is 1. The molecule has 0 bridgehead atoms. The molecule has 164 valence electrons. The van der Waals surface area contributed by atoms with Gasteiger partial charge in [0.25, 0.3) is 13.4 Å². The molecule has 0 amide bonds. The number of aromatic nitrogens is 4. The van der Waals surface area contributed by atoms with Gasteiger partial charge in [-0.3, -0.25) is 18.9 Å². The third-order valence-electron chi connectivity index (χ3n) is 4.87. The minimum atomic E-state index is -4.56. The van der Waals surface area contributed by atoms with Crippen LogP contribution in [0.3, 0.4) is 0 Å². The molecule has 2 fully saturated rings. The van der Waals surface area contributed by atoms with E-state index in [0.29, 0.717) is 10.6 Å². The van der Waals surface area contributed by atoms with Crippen molar-refractivity contribution in [1.29, 1.82) is 0 Å². The van der Waals surface area contributed by atoms with Crippen molar-refractivity contribution in [3.63, 3.8) is 0 Å². The van der Waals surface area contributed by atoms with Crippen molar-refractivity contribution in [3.8, 4) is 0 Å². The number of aliphatic hydroxyl groups excluding tert-OH is 1. The maximum absolute atomic E-state index is 12.4. The van der Waals surface area contributed by atoms with Gasteiger partial charge in [-0.25, -0.2) is 4.98 Å². The van der Waals surface area contributed by atoms with E-state index >= 15 is 0 Å². The third-order valence-corrected chi connectivity index (χ3v) is 6.90. The first-order valence-electron chi connectivity index (χ1n) is 9.01. The van der Waals surface area contributed by atoms with Gasteiger partial charge in [0.1, 0.15) is 18.3 Å². The number of rotatable bonds is 3. The molecule has 16 heteroatoms. The van der Waals surface area contributed by atoms with Crippen LogP contribution in [0.25, 0.3) is 11.2 Å². The standard InChI is InChI=1S/C16H17N6O7PS.Na/c17-6-3-1-2-4-8(6)31-16-19-9-12(20-15(18)21-13(9)24)22(16)14-10(23)11-7(28-14)5-27-30(25,26)29-11;/h1-4,7,10-11,14,23H,5,17H2,(H,25,26)(H3,18,20,21,24);/q;+1/p-1/t7-,10-,11-,14-;/m1./s1. The summed E-state index contributed by atoms with van der Waals surface area (Å²) in [5, 5.41) is 11.1. The van der Waals surface area contributed by atoms with E-state index in [1.165, 1.54) is 4.57 Å². The minimum Gasteiger partial charge on any atom is -0.756 e. The van der Waals surface area contributed by atoms with E-state index in [1.807, 2.05) is 0 Å². The molecule has 2 aliphatic rings. The van der Waals surface area contributed by atoms with Crippen molar-refractivity contribution in [2.24, 2.45) is 0 Å². The van der Waals surface area contributed by atoms with Gasteiger partial charge in [-0.15, -0.1) is 0 Å². The van der Waals surface area contributed by atoms with Gasteiger partial charge >= 0.3 is 29.6 Å². The summed E-state index contributed by atoms with van der Waals surface area (Å²) in [5.41, 5.74) is 11.6. The van der Waals surface area contributed by atoms with Gasteiger partial charge in [0, 0.05) is 10.6 Å². The molecule has 32 heavy (non-hydrogen) atoms. The summed E-state index contributed by atoms with van der Waals surface area (Å²) in [4.78, 5) is 35.6. The molecule has 2 saturated heterocycles. The van der Waals surface area contributed by atoms with Crippen LogP contribution in [0.5, 0.6) is 0 Å². The quantitative estimate of drug-likeness (QED) is 0.161. The number of phosphoric ester groups is 1. The fraction of sp³-hybridized carbons (Fsp3) is 0.312. The van der Waals surface area contributed by atoms with Crippen LogP contribution in [0.2, 0.25) is 0 Å². The number of hydrogen-bond acceptors (Lipinski definition) is 12. The zero-order chi connectivity index (χ0) is 21.9. The van der Waals surface area contributed by atoms with E-state index in [4.69, 9.17) is 20.7 Å². The molecule has 0 aliphatic carbocycles. The number of aromatic amines is 1. The number of fused-ring (bicyclic) bond motifs is 2. The molecule has 2 aliphatic heterocycles. The number of nitrogen functional groups attached to an aromatic ring is 2. The number of H-pyrrole nitrogens is 1. The zero-order valence-electron chi connectivity index (χ0n) is 16.6. The number of anilines is 2. The molecule has 1 unspecified atom stereocenters. The number of nitrogens with two attached hydrogens (primary N) is 2. The number of hydrogen-bond donors (Lipinski definition) is 4. The molecule has 0 spiro atoms. The molecule has 2 aromatic heterocycles. The zero-order valence-corrected chi connectivity index (χ0v) is 20.3. The monoisotopic (exact) mass is 490 g/mol. The van der Waals surface area contributed by atoms with Crippen LogP contribution in [0.1, 0.15) is 6.23 Å². The van der Waals surface area contributed by atoms with E-state index in [-0.39, 0.29) is 58.4 Å². The van der Waals surface area contributed by atoms with Crippen molar-refractivity contribution >= 4 is 42.4 Å². The Bertz CT molecular complexity index is 1290. The van der Waals surface area contributed by atoms with E-state index in [0.717, 1.165) is 11.8 Å². The van der Waals surface area contributed by atoms with E-state index in [1.54, 1.807) is 24.3 Å². The van der Waals surface area contributed by atoms with E-state index in [9.17, 15) is 19.4 Å². The van der Waals surface area contributed by atoms with Crippen LogP contribution >= 0.6 is 19.6 Å². The smallest absolute Gasteiger partial charge is 0.756 e. The van der Waals surface area contributed by atoms with Gasteiger partial charge in [0.2, 0.25) is 5.95 Å². The Labute approximate surface area is 206 Å². The second-order valence-electron chi connectivity index (χ2n) is 6.90. The fourth-order valence-electron chi connectivity index (χ4n) is 3.50. The van der Waals surface area contributed by atoms with Crippen LogP contribution in [-0.2, 0) is 18.3 Å². The number of para-hydroxylation sites is 1. The Balaban J connectivity index is 0.00000245. The SMILES string of the molecule is Nc1nc2c(nc(Sc3ccccc3N)n2[C@@H]2O[C@@H]3COP(=O)([O-])O[C@H]3[C@H]2O)c(=O)[nH]1.[Na+].